The zero-order valence-electron chi connectivity index (χ0n) is 14.6. The lowest BCUT2D eigenvalue weighted by molar-refractivity contribution is -0.384. The van der Waals surface area contributed by atoms with Crippen molar-refractivity contribution in [3.63, 3.8) is 0 Å². The fourth-order valence-electron chi connectivity index (χ4n) is 2.77. The number of carbonyl (C=O) groups is 2. The Labute approximate surface area is 173 Å². The summed E-state index contributed by atoms with van der Waals surface area (Å²) in [6.45, 7) is 0. The van der Waals surface area contributed by atoms with E-state index in [1.54, 1.807) is 48.5 Å². The SMILES string of the molecule is O=C1SC(=Cc2ccc(-c3cccc([N+](=O)[O-])c3)o2)C(=O)N1c1ccc(Cl)cc1. The molecule has 1 aromatic heterocycles. The number of furan rings is 1. The van der Waals surface area contributed by atoms with Crippen molar-refractivity contribution in [2.45, 2.75) is 0 Å². The summed E-state index contributed by atoms with van der Waals surface area (Å²) in [7, 11) is 0. The molecule has 0 bridgehead atoms. The summed E-state index contributed by atoms with van der Waals surface area (Å²) < 4.78 is 5.69. The number of rotatable bonds is 4. The van der Waals surface area contributed by atoms with Gasteiger partial charge in [-0.1, -0.05) is 23.7 Å². The summed E-state index contributed by atoms with van der Waals surface area (Å²) in [4.78, 5) is 36.7. The van der Waals surface area contributed by atoms with Gasteiger partial charge >= 0.3 is 0 Å². The summed E-state index contributed by atoms with van der Waals surface area (Å²) in [6.07, 6.45) is 1.47. The molecule has 1 fully saturated rings. The van der Waals surface area contributed by atoms with Gasteiger partial charge in [0.1, 0.15) is 11.5 Å². The molecule has 29 heavy (non-hydrogen) atoms. The molecule has 3 aromatic rings. The first-order valence-electron chi connectivity index (χ1n) is 8.30. The van der Waals surface area contributed by atoms with E-state index >= 15 is 0 Å². The second kappa shape index (κ2) is 7.57. The normalized spacial score (nSPS) is 15.3. The van der Waals surface area contributed by atoms with Crippen LogP contribution in [0, 0.1) is 10.1 Å². The standard InChI is InChI=1S/C20H11ClN2O5S/c21-13-4-6-14(7-5-13)22-19(24)18(29-20(22)25)11-16-8-9-17(28-16)12-2-1-3-15(10-12)23(26)27/h1-11H. The molecule has 0 unspecified atom stereocenters. The van der Waals surface area contributed by atoms with Crippen molar-refractivity contribution >= 4 is 52.0 Å². The molecule has 0 saturated carbocycles. The molecule has 0 N–H and O–H groups in total. The minimum atomic E-state index is -0.486. The average molecular weight is 427 g/mol. The van der Waals surface area contributed by atoms with Gasteiger partial charge in [0.2, 0.25) is 0 Å². The lowest BCUT2D eigenvalue weighted by Gasteiger charge is -2.11. The molecular formula is C20H11ClN2O5S. The molecule has 0 aliphatic carbocycles. The number of nitrogens with zero attached hydrogens (tertiary/aromatic N) is 2. The van der Waals surface area contributed by atoms with Crippen LogP contribution < -0.4 is 4.90 Å². The highest BCUT2D eigenvalue weighted by atomic mass is 35.5. The maximum atomic E-state index is 12.7. The maximum absolute atomic E-state index is 12.7. The van der Waals surface area contributed by atoms with Crippen molar-refractivity contribution < 1.29 is 18.9 Å². The molecule has 1 saturated heterocycles. The highest BCUT2D eigenvalue weighted by molar-refractivity contribution is 8.19. The van der Waals surface area contributed by atoms with Crippen molar-refractivity contribution in [1.29, 1.82) is 0 Å². The average Bonchev–Trinajstić information content (AvgIpc) is 3.28. The van der Waals surface area contributed by atoms with Gasteiger partial charge in [0, 0.05) is 28.8 Å². The maximum Gasteiger partial charge on any atom is 0.298 e. The third-order valence-corrected chi connectivity index (χ3v) is 5.24. The summed E-state index contributed by atoms with van der Waals surface area (Å²) >= 11 is 6.66. The van der Waals surface area contributed by atoms with Gasteiger partial charge in [-0.3, -0.25) is 19.7 Å². The van der Waals surface area contributed by atoms with E-state index in [1.165, 1.54) is 18.2 Å². The predicted octanol–water partition coefficient (Wildman–Crippen LogP) is 5.75. The van der Waals surface area contributed by atoms with Gasteiger partial charge in [-0.25, -0.2) is 4.90 Å². The van der Waals surface area contributed by atoms with E-state index in [9.17, 15) is 19.7 Å². The topological polar surface area (TPSA) is 93.7 Å². The Morgan fingerprint density at radius 1 is 1.07 bits per heavy atom. The van der Waals surface area contributed by atoms with Crippen molar-refractivity contribution in [2.75, 3.05) is 4.90 Å². The Bertz CT molecular complexity index is 1170. The number of nitro groups is 1. The van der Waals surface area contributed by atoms with Gasteiger partial charge < -0.3 is 4.42 Å². The molecule has 0 atom stereocenters. The number of halogens is 1. The third-order valence-electron chi connectivity index (χ3n) is 4.12. The van der Waals surface area contributed by atoms with Gasteiger partial charge in [-0.2, -0.15) is 0 Å². The smallest absolute Gasteiger partial charge is 0.298 e. The molecule has 1 aliphatic rings. The highest BCUT2D eigenvalue weighted by Gasteiger charge is 2.36. The quantitative estimate of drug-likeness (QED) is 0.299. The van der Waals surface area contributed by atoms with Crippen molar-refractivity contribution in [3.05, 3.63) is 86.5 Å². The second-order valence-electron chi connectivity index (χ2n) is 6.00. The zero-order valence-corrected chi connectivity index (χ0v) is 16.1. The minimum absolute atomic E-state index is 0.0514. The van der Waals surface area contributed by atoms with Gasteiger partial charge in [-0.05, 0) is 48.2 Å². The number of carbonyl (C=O) groups excluding carboxylic acids is 2. The molecule has 0 spiro atoms. The largest absolute Gasteiger partial charge is 0.457 e. The van der Waals surface area contributed by atoms with Crippen LogP contribution in [-0.2, 0) is 4.79 Å². The van der Waals surface area contributed by atoms with E-state index in [0.29, 0.717) is 27.8 Å². The lowest BCUT2D eigenvalue weighted by Crippen LogP contribution is -2.27. The van der Waals surface area contributed by atoms with Crippen LogP contribution in [0.4, 0.5) is 16.2 Å². The van der Waals surface area contributed by atoms with E-state index < -0.39 is 16.1 Å². The fourth-order valence-corrected chi connectivity index (χ4v) is 3.72. The molecule has 2 amide bonds. The van der Waals surface area contributed by atoms with Crippen LogP contribution in [0.3, 0.4) is 0 Å². The molecule has 9 heteroatoms. The fraction of sp³-hybridized carbons (Fsp3) is 0. The monoisotopic (exact) mass is 426 g/mol. The van der Waals surface area contributed by atoms with Gasteiger partial charge in [0.05, 0.1) is 15.5 Å². The first kappa shape index (κ1) is 19.0. The van der Waals surface area contributed by atoms with E-state index in [1.807, 2.05) is 0 Å². The zero-order chi connectivity index (χ0) is 20.5. The number of anilines is 1. The summed E-state index contributed by atoms with van der Waals surface area (Å²) in [5.41, 5.74) is 0.912. The predicted molar refractivity (Wildman–Crippen MR) is 111 cm³/mol. The highest BCUT2D eigenvalue weighted by Crippen LogP contribution is 2.36. The minimum Gasteiger partial charge on any atom is -0.457 e. The molecule has 1 aliphatic heterocycles. The van der Waals surface area contributed by atoms with Crippen LogP contribution in [0.2, 0.25) is 5.02 Å². The Morgan fingerprint density at radius 3 is 2.55 bits per heavy atom. The van der Waals surface area contributed by atoms with Crippen molar-refractivity contribution in [1.82, 2.24) is 0 Å². The molecule has 4 rings (SSSR count). The van der Waals surface area contributed by atoms with Crippen LogP contribution in [0.1, 0.15) is 5.76 Å². The number of nitro benzene ring substituents is 1. The number of non-ortho nitro benzene ring substituents is 1. The van der Waals surface area contributed by atoms with Crippen LogP contribution in [0.5, 0.6) is 0 Å². The Hall–Kier alpha value is -3.36. The number of imide groups is 1. The molecular weight excluding hydrogens is 416 g/mol. The number of thioether (sulfide) groups is 1. The number of amides is 2. The molecule has 0 radical (unpaired) electrons. The first-order chi connectivity index (χ1) is 13.9. The number of hydrogen-bond donors (Lipinski definition) is 0. The molecule has 2 heterocycles. The third kappa shape index (κ3) is 3.80. The summed E-state index contributed by atoms with van der Waals surface area (Å²) in [5, 5.41) is 11.0. The van der Waals surface area contributed by atoms with Crippen LogP contribution in [-0.4, -0.2) is 16.1 Å². The second-order valence-corrected chi connectivity index (χ2v) is 7.43. The molecule has 2 aromatic carbocycles. The summed E-state index contributed by atoms with van der Waals surface area (Å²) in [6, 6.07) is 15.7. The van der Waals surface area contributed by atoms with Gasteiger partial charge in [0.15, 0.2) is 0 Å². The summed E-state index contributed by atoms with van der Waals surface area (Å²) in [5.74, 6) is 0.306. The van der Waals surface area contributed by atoms with Crippen LogP contribution in [0.25, 0.3) is 17.4 Å². The number of benzene rings is 2. The van der Waals surface area contributed by atoms with E-state index in [4.69, 9.17) is 16.0 Å². The Kier molecular flexibility index (Phi) is 4.96. The van der Waals surface area contributed by atoms with Crippen molar-refractivity contribution in [2.24, 2.45) is 0 Å². The van der Waals surface area contributed by atoms with Crippen LogP contribution in [0.15, 0.2) is 70.0 Å². The van der Waals surface area contributed by atoms with E-state index in [2.05, 4.69) is 0 Å². The number of hydrogen-bond acceptors (Lipinski definition) is 6. The first-order valence-corrected chi connectivity index (χ1v) is 9.50. The Balaban J connectivity index is 1.60. The van der Waals surface area contributed by atoms with Gasteiger partial charge in [0.25, 0.3) is 16.8 Å². The van der Waals surface area contributed by atoms with E-state index in [0.717, 1.165) is 16.7 Å². The Morgan fingerprint density at radius 2 is 1.83 bits per heavy atom. The van der Waals surface area contributed by atoms with E-state index in [-0.39, 0.29) is 10.6 Å². The lowest BCUT2D eigenvalue weighted by atomic mass is 10.1. The molecule has 7 nitrogen and oxygen atoms in total. The molecule has 144 valence electrons. The van der Waals surface area contributed by atoms with Gasteiger partial charge in [-0.15, -0.1) is 0 Å². The van der Waals surface area contributed by atoms with Crippen LogP contribution >= 0.6 is 23.4 Å². The van der Waals surface area contributed by atoms with Crippen molar-refractivity contribution in [3.8, 4) is 11.3 Å².